The van der Waals surface area contributed by atoms with E-state index in [1.807, 2.05) is 0 Å². The number of hydrogen-bond acceptors (Lipinski definition) is 5. The number of tetrazole rings is 1. The van der Waals surface area contributed by atoms with E-state index in [-0.39, 0.29) is 25.6 Å². The smallest absolute Gasteiger partial charge is 0.244 e. The zero-order valence-electron chi connectivity index (χ0n) is 11.0. The number of carbonyl (C=O) groups excluding carboxylic acids is 1. The highest BCUT2D eigenvalue weighted by Crippen LogP contribution is 2.23. The molecule has 1 aromatic carbocycles. The van der Waals surface area contributed by atoms with E-state index < -0.39 is 0 Å². The fourth-order valence-electron chi connectivity index (χ4n) is 1.76. The van der Waals surface area contributed by atoms with Gasteiger partial charge in [0.1, 0.15) is 12.9 Å². The van der Waals surface area contributed by atoms with Crippen LogP contribution >= 0.6 is 23.2 Å². The molecule has 0 unspecified atom stereocenters. The van der Waals surface area contributed by atoms with Gasteiger partial charge >= 0.3 is 0 Å². The molecule has 9 heteroatoms. The molecule has 0 saturated heterocycles. The SMILES string of the molecule is O=C(Cn1cnnn1)N(CCO)Cc1ccc(Cl)c(Cl)c1. The first kappa shape index (κ1) is 15.7. The molecule has 7 nitrogen and oxygen atoms in total. The summed E-state index contributed by atoms with van der Waals surface area (Å²) in [6.45, 7) is 0.399. The summed E-state index contributed by atoms with van der Waals surface area (Å²) in [5.41, 5.74) is 0.822. The van der Waals surface area contributed by atoms with Gasteiger partial charge in [-0.1, -0.05) is 29.3 Å². The van der Waals surface area contributed by atoms with Gasteiger partial charge in [0.15, 0.2) is 0 Å². The molecule has 1 aromatic heterocycles. The number of nitrogens with zero attached hydrogens (tertiary/aromatic N) is 5. The van der Waals surface area contributed by atoms with Crippen molar-refractivity contribution in [2.75, 3.05) is 13.2 Å². The summed E-state index contributed by atoms with van der Waals surface area (Å²) in [5.74, 6) is -0.206. The largest absolute Gasteiger partial charge is 0.395 e. The van der Waals surface area contributed by atoms with Gasteiger partial charge in [-0.25, -0.2) is 4.68 Å². The second kappa shape index (κ2) is 7.35. The highest BCUT2D eigenvalue weighted by Gasteiger charge is 2.15. The fraction of sp³-hybridized carbons (Fsp3) is 0.333. The van der Waals surface area contributed by atoms with E-state index in [9.17, 15) is 4.79 Å². The number of halogens is 2. The van der Waals surface area contributed by atoms with Crippen LogP contribution in [0.1, 0.15) is 5.56 Å². The van der Waals surface area contributed by atoms with Gasteiger partial charge in [-0.05, 0) is 28.1 Å². The molecule has 0 fully saturated rings. The molecule has 0 aliphatic heterocycles. The first-order valence-electron chi connectivity index (χ1n) is 6.13. The molecule has 0 aliphatic rings. The Kier molecular flexibility index (Phi) is 5.49. The number of aromatic nitrogens is 4. The van der Waals surface area contributed by atoms with Crippen molar-refractivity contribution in [3.05, 3.63) is 40.1 Å². The van der Waals surface area contributed by atoms with Gasteiger partial charge in [-0.2, -0.15) is 0 Å². The van der Waals surface area contributed by atoms with E-state index in [0.29, 0.717) is 16.6 Å². The lowest BCUT2D eigenvalue weighted by molar-refractivity contribution is -0.133. The van der Waals surface area contributed by atoms with Gasteiger partial charge < -0.3 is 10.0 Å². The number of rotatable bonds is 6. The van der Waals surface area contributed by atoms with Gasteiger partial charge in [0.2, 0.25) is 5.91 Å². The Balaban J connectivity index is 2.07. The third-order valence-electron chi connectivity index (χ3n) is 2.77. The Bertz CT molecular complexity index is 606. The van der Waals surface area contributed by atoms with Crippen molar-refractivity contribution in [3.8, 4) is 0 Å². The Labute approximate surface area is 131 Å². The average Bonchev–Trinajstić information content (AvgIpc) is 2.95. The number of hydrogen-bond donors (Lipinski definition) is 1. The van der Waals surface area contributed by atoms with E-state index in [4.69, 9.17) is 28.3 Å². The molecule has 0 spiro atoms. The lowest BCUT2D eigenvalue weighted by atomic mass is 10.2. The quantitative estimate of drug-likeness (QED) is 0.854. The third-order valence-corrected chi connectivity index (χ3v) is 3.51. The Hall–Kier alpha value is -1.70. The molecular formula is C12H13Cl2N5O2. The van der Waals surface area contributed by atoms with Gasteiger partial charge in [0.25, 0.3) is 0 Å². The van der Waals surface area contributed by atoms with Gasteiger partial charge in [-0.15, -0.1) is 5.10 Å². The van der Waals surface area contributed by atoms with Crippen molar-refractivity contribution in [1.82, 2.24) is 25.1 Å². The molecule has 112 valence electrons. The number of aliphatic hydroxyl groups is 1. The van der Waals surface area contributed by atoms with Crippen molar-refractivity contribution >= 4 is 29.1 Å². The van der Waals surface area contributed by atoms with Crippen LogP contribution < -0.4 is 0 Å². The zero-order valence-corrected chi connectivity index (χ0v) is 12.5. The van der Waals surface area contributed by atoms with E-state index >= 15 is 0 Å². The molecule has 1 amide bonds. The molecule has 21 heavy (non-hydrogen) atoms. The first-order valence-corrected chi connectivity index (χ1v) is 6.89. The summed E-state index contributed by atoms with van der Waals surface area (Å²) in [5, 5.41) is 20.5. The van der Waals surface area contributed by atoms with Crippen LogP contribution in [0, 0.1) is 0 Å². The minimum Gasteiger partial charge on any atom is -0.395 e. The van der Waals surface area contributed by atoms with Crippen LogP contribution in [0.15, 0.2) is 24.5 Å². The maximum atomic E-state index is 12.2. The van der Waals surface area contributed by atoms with Crippen molar-refractivity contribution in [2.45, 2.75) is 13.1 Å². The lowest BCUT2D eigenvalue weighted by Gasteiger charge is -2.22. The zero-order chi connectivity index (χ0) is 15.2. The Morgan fingerprint density at radius 1 is 1.33 bits per heavy atom. The summed E-state index contributed by atoms with van der Waals surface area (Å²) >= 11 is 11.8. The molecule has 0 saturated carbocycles. The van der Waals surface area contributed by atoms with E-state index in [0.717, 1.165) is 5.56 Å². The predicted molar refractivity (Wildman–Crippen MR) is 76.8 cm³/mol. The van der Waals surface area contributed by atoms with Crippen LogP contribution in [0.2, 0.25) is 10.0 Å². The van der Waals surface area contributed by atoms with Crippen molar-refractivity contribution in [1.29, 1.82) is 0 Å². The van der Waals surface area contributed by atoms with Gasteiger partial charge in [0, 0.05) is 13.1 Å². The number of benzene rings is 1. The van der Waals surface area contributed by atoms with E-state index in [1.165, 1.54) is 15.9 Å². The van der Waals surface area contributed by atoms with Crippen LogP contribution in [0.25, 0.3) is 0 Å². The number of aliphatic hydroxyl groups excluding tert-OH is 1. The highest BCUT2D eigenvalue weighted by molar-refractivity contribution is 6.42. The minimum atomic E-state index is -0.206. The monoisotopic (exact) mass is 329 g/mol. The van der Waals surface area contributed by atoms with Crippen molar-refractivity contribution in [3.63, 3.8) is 0 Å². The fourth-order valence-corrected chi connectivity index (χ4v) is 2.08. The first-order chi connectivity index (χ1) is 10.1. The van der Waals surface area contributed by atoms with E-state index in [1.54, 1.807) is 18.2 Å². The van der Waals surface area contributed by atoms with Crippen LogP contribution in [-0.2, 0) is 17.9 Å². The normalized spacial score (nSPS) is 10.6. The minimum absolute atomic E-state index is 0.00826. The predicted octanol–water partition coefficient (Wildman–Crippen LogP) is 1.00. The van der Waals surface area contributed by atoms with E-state index in [2.05, 4.69) is 15.5 Å². The molecular weight excluding hydrogens is 317 g/mol. The second-order valence-corrected chi connectivity index (χ2v) is 5.11. The van der Waals surface area contributed by atoms with Gasteiger partial charge in [-0.3, -0.25) is 4.79 Å². The molecule has 0 aliphatic carbocycles. The average molecular weight is 330 g/mol. The summed E-state index contributed by atoms with van der Waals surface area (Å²) in [7, 11) is 0. The molecule has 0 radical (unpaired) electrons. The van der Waals surface area contributed by atoms with Crippen LogP contribution in [0.3, 0.4) is 0 Å². The molecule has 0 bridgehead atoms. The van der Waals surface area contributed by atoms with Crippen LogP contribution in [-0.4, -0.2) is 49.3 Å². The highest BCUT2D eigenvalue weighted by atomic mass is 35.5. The molecule has 1 N–H and O–H groups in total. The molecule has 0 atom stereocenters. The maximum Gasteiger partial charge on any atom is 0.244 e. The third kappa shape index (κ3) is 4.38. The van der Waals surface area contributed by atoms with Crippen LogP contribution in [0.4, 0.5) is 0 Å². The summed E-state index contributed by atoms with van der Waals surface area (Å²) in [6.07, 6.45) is 1.36. The second-order valence-electron chi connectivity index (χ2n) is 4.29. The molecule has 2 aromatic rings. The van der Waals surface area contributed by atoms with Crippen LogP contribution in [0.5, 0.6) is 0 Å². The maximum absolute atomic E-state index is 12.2. The Morgan fingerprint density at radius 3 is 2.76 bits per heavy atom. The van der Waals surface area contributed by atoms with Crippen molar-refractivity contribution in [2.24, 2.45) is 0 Å². The standard InChI is InChI=1S/C12H13Cl2N5O2/c13-10-2-1-9(5-11(10)14)6-18(3-4-20)12(21)7-19-8-15-16-17-19/h1-2,5,8,20H,3-4,6-7H2. The topological polar surface area (TPSA) is 84.1 Å². The lowest BCUT2D eigenvalue weighted by Crippen LogP contribution is -2.35. The summed E-state index contributed by atoms with van der Waals surface area (Å²) < 4.78 is 1.32. The number of carbonyl (C=O) groups is 1. The van der Waals surface area contributed by atoms with Crippen molar-refractivity contribution < 1.29 is 9.90 Å². The molecule has 2 rings (SSSR count). The number of amides is 1. The summed E-state index contributed by atoms with van der Waals surface area (Å²) in [6, 6.07) is 5.14. The Morgan fingerprint density at radius 2 is 2.14 bits per heavy atom. The van der Waals surface area contributed by atoms with Gasteiger partial charge in [0.05, 0.1) is 16.7 Å². The summed E-state index contributed by atoms with van der Waals surface area (Å²) in [4.78, 5) is 13.7. The molecule has 1 heterocycles.